The van der Waals surface area contributed by atoms with E-state index in [4.69, 9.17) is 10.4 Å². The maximum Gasteiger partial charge on any atom is 0.296 e. The standard InChI is InChI=1S/C37H48N4O8S3/c1-36(2)29-13-5-7-15-31(29)40(23-9-11-25-50-49-48-42)33(36)21-19-27-17-18-28(35(27)39-52(38,46)47)20-22-34-37(3,4)30-14-6-8-16-32(30)41(34)24-10-12-26-51(43,44)45/h5-8,13-16,19-22H,9-12,17-18,23-26H2,1-4H3,(H4,38,42,43,44,45,46,47)/p+1/b27-19+,33-21+. The highest BCUT2D eigenvalue weighted by atomic mass is 32.2. The lowest BCUT2D eigenvalue weighted by molar-refractivity contribution is -0.438. The van der Waals surface area contributed by atoms with Gasteiger partial charge >= 0.3 is 0 Å². The van der Waals surface area contributed by atoms with Gasteiger partial charge in [-0.1, -0.05) is 67.4 Å². The molecule has 282 valence electrons. The predicted molar refractivity (Wildman–Crippen MR) is 206 cm³/mol. The molecular formula is C37H49N4O8S3+. The quantitative estimate of drug-likeness (QED) is 0.0344. The fourth-order valence-electron chi connectivity index (χ4n) is 7.50. The van der Waals surface area contributed by atoms with E-state index in [9.17, 15) is 21.4 Å². The first-order valence-corrected chi connectivity index (χ1v) is 21.4. The molecule has 0 atom stereocenters. The smallest absolute Gasteiger partial charge is 0.296 e. The molecule has 5 rings (SSSR count). The van der Waals surface area contributed by atoms with Crippen LogP contribution in [0.5, 0.6) is 0 Å². The van der Waals surface area contributed by atoms with Crippen LogP contribution >= 0.6 is 12.0 Å². The van der Waals surface area contributed by atoms with Crippen molar-refractivity contribution in [1.82, 2.24) is 4.72 Å². The van der Waals surface area contributed by atoms with Crippen molar-refractivity contribution < 1.29 is 40.6 Å². The molecule has 0 fully saturated rings. The van der Waals surface area contributed by atoms with Crippen LogP contribution in [0.25, 0.3) is 0 Å². The maximum absolute atomic E-state index is 12.5. The molecule has 15 heteroatoms. The van der Waals surface area contributed by atoms with Gasteiger partial charge in [0, 0.05) is 65.3 Å². The summed E-state index contributed by atoms with van der Waals surface area (Å²) in [6.07, 6.45) is 11.8. The van der Waals surface area contributed by atoms with Gasteiger partial charge in [0.1, 0.15) is 6.54 Å². The van der Waals surface area contributed by atoms with Crippen LogP contribution in [0, 0.1) is 0 Å². The van der Waals surface area contributed by atoms with Crippen molar-refractivity contribution in [3.05, 3.63) is 107 Å². The molecule has 2 aromatic rings. The summed E-state index contributed by atoms with van der Waals surface area (Å²) in [7, 11) is -8.13. The number of nitrogens with zero attached hydrogens (tertiary/aromatic N) is 2. The molecule has 0 saturated heterocycles. The van der Waals surface area contributed by atoms with E-state index >= 15 is 0 Å². The molecular weight excluding hydrogens is 725 g/mol. The highest BCUT2D eigenvalue weighted by Gasteiger charge is 2.44. The molecule has 0 aromatic heterocycles. The number of nitrogens with one attached hydrogen (secondary N) is 1. The monoisotopic (exact) mass is 773 g/mol. The van der Waals surface area contributed by atoms with Crippen LogP contribution in [0.4, 0.5) is 11.4 Å². The molecule has 2 heterocycles. The maximum atomic E-state index is 12.5. The third kappa shape index (κ3) is 9.26. The zero-order chi connectivity index (χ0) is 37.7. The SMILES string of the molecule is CC1(C)C(/C=C/C2=C(NS(N)(=O)=O)C(=C/C=C3/N(CCCCSOOO)c4ccccc4C3(C)C)/CC2)=[N+](CCCCS(=O)(=O)O)c2ccccc21. The van der Waals surface area contributed by atoms with Gasteiger partial charge in [0.25, 0.3) is 20.3 Å². The Morgan fingerprint density at radius 3 is 2.35 bits per heavy atom. The molecule has 52 heavy (non-hydrogen) atoms. The number of fused-ring (bicyclic) bond motifs is 2. The van der Waals surface area contributed by atoms with Crippen molar-refractivity contribution in [1.29, 1.82) is 0 Å². The number of anilines is 1. The van der Waals surface area contributed by atoms with Crippen LogP contribution in [0.1, 0.15) is 77.3 Å². The van der Waals surface area contributed by atoms with Crippen LogP contribution < -0.4 is 14.8 Å². The molecule has 12 nitrogen and oxygen atoms in total. The number of allylic oxidation sites excluding steroid dienone is 7. The highest BCUT2D eigenvalue weighted by molar-refractivity contribution is 7.94. The van der Waals surface area contributed by atoms with Crippen LogP contribution in [-0.4, -0.2) is 61.5 Å². The first-order valence-electron chi connectivity index (χ1n) is 17.3. The van der Waals surface area contributed by atoms with Gasteiger partial charge in [-0.05, 0) is 74.8 Å². The average Bonchev–Trinajstić information content (AvgIpc) is 3.62. The molecule has 5 N–H and O–H groups in total. The molecule has 2 aromatic carbocycles. The van der Waals surface area contributed by atoms with E-state index in [1.165, 1.54) is 5.56 Å². The van der Waals surface area contributed by atoms with Gasteiger partial charge in [-0.3, -0.25) is 9.27 Å². The molecule has 0 saturated carbocycles. The molecule has 0 bridgehead atoms. The Balaban J connectivity index is 1.48. The Kier molecular flexibility index (Phi) is 12.6. The second kappa shape index (κ2) is 16.4. The number of unbranched alkanes of at least 4 members (excludes halogenated alkanes) is 2. The second-order valence-corrected chi connectivity index (χ2v) is 17.9. The fourth-order valence-corrected chi connectivity index (χ4v) is 9.04. The van der Waals surface area contributed by atoms with Gasteiger partial charge in [0.15, 0.2) is 5.71 Å². The van der Waals surface area contributed by atoms with Crippen LogP contribution in [-0.2, 0) is 40.5 Å². The number of hydrogen-bond acceptors (Lipinski definition) is 9. The largest absolute Gasteiger partial charge is 0.344 e. The van der Waals surface area contributed by atoms with Gasteiger partial charge in [-0.25, -0.2) is 10.4 Å². The second-order valence-electron chi connectivity index (χ2n) is 14.3. The lowest BCUT2D eigenvalue weighted by atomic mass is 9.81. The normalized spacial score (nSPS) is 19.8. The van der Waals surface area contributed by atoms with E-state index in [2.05, 4.69) is 75.5 Å². The summed E-state index contributed by atoms with van der Waals surface area (Å²) in [5.41, 5.74) is 8.01. The molecule has 3 aliphatic rings. The van der Waals surface area contributed by atoms with Crippen LogP contribution in [0.3, 0.4) is 0 Å². The summed E-state index contributed by atoms with van der Waals surface area (Å²) < 4.78 is 66.2. The number of nitrogens with two attached hydrogens (primary N) is 1. The third-order valence-corrected chi connectivity index (χ3v) is 11.9. The van der Waals surface area contributed by atoms with Crippen LogP contribution in [0.2, 0.25) is 0 Å². The number of rotatable bonds is 17. The van der Waals surface area contributed by atoms with Crippen molar-refractivity contribution >= 4 is 49.5 Å². The van der Waals surface area contributed by atoms with Gasteiger partial charge in [0.2, 0.25) is 5.69 Å². The number of para-hydroxylation sites is 2. The molecule has 0 unspecified atom stereocenters. The van der Waals surface area contributed by atoms with Gasteiger partial charge in [-0.2, -0.15) is 21.4 Å². The Hall–Kier alpha value is -3.28. The molecule has 0 amide bonds. The summed E-state index contributed by atoms with van der Waals surface area (Å²) in [5.74, 6) is 0.356. The van der Waals surface area contributed by atoms with Crippen molar-refractivity contribution in [3.63, 3.8) is 0 Å². The summed E-state index contributed by atoms with van der Waals surface area (Å²) >= 11 is 1.04. The highest BCUT2D eigenvalue weighted by Crippen LogP contribution is 2.48. The minimum atomic E-state index is -4.09. The summed E-state index contributed by atoms with van der Waals surface area (Å²) in [5, 5.41) is 17.7. The van der Waals surface area contributed by atoms with Crippen molar-refractivity contribution in [2.24, 2.45) is 5.14 Å². The van der Waals surface area contributed by atoms with Gasteiger partial charge in [-0.15, -0.1) is 4.33 Å². The number of hydrogen-bond donors (Lipinski definition) is 4. The lowest BCUT2D eigenvalue weighted by Gasteiger charge is -2.27. The van der Waals surface area contributed by atoms with E-state index in [0.717, 1.165) is 70.9 Å². The lowest BCUT2D eigenvalue weighted by Crippen LogP contribution is -2.31. The van der Waals surface area contributed by atoms with Gasteiger partial charge < -0.3 is 4.90 Å². The molecule has 2 aliphatic heterocycles. The Morgan fingerprint density at radius 2 is 1.63 bits per heavy atom. The van der Waals surface area contributed by atoms with E-state index < -0.39 is 20.3 Å². The Labute approximate surface area is 311 Å². The predicted octanol–water partition coefficient (Wildman–Crippen LogP) is 6.59. The summed E-state index contributed by atoms with van der Waals surface area (Å²) in [6.45, 7) is 9.95. The molecule has 0 radical (unpaired) electrons. The molecule has 1 aliphatic carbocycles. The number of benzene rings is 2. The van der Waals surface area contributed by atoms with Crippen molar-refractivity contribution in [3.8, 4) is 0 Å². The zero-order valence-corrected chi connectivity index (χ0v) is 32.5. The van der Waals surface area contributed by atoms with E-state index in [-0.39, 0.29) is 16.6 Å². The fraction of sp³-hybridized carbons (Fsp3) is 0.432. The molecule has 0 spiro atoms. The van der Waals surface area contributed by atoms with Crippen LogP contribution in [0.15, 0.2) is 95.4 Å². The third-order valence-electron chi connectivity index (χ3n) is 10.0. The first-order chi connectivity index (χ1) is 24.5. The minimum absolute atomic E-state index is 0.297. The van der Waals surface area contributed by atoms with E-state index in [0.29, 0.717) is 43.7 Å². The zero-order valence-electron chi connectivity index (χ0n) is 30.0. The van der Waals surface area contributed by atoms with Gasteiger partial charge in [0.05, 0.1) is 16.9 Å². The minimum Gasteiger partial charge on any atom is -0.344 e. The van der Waals surface area contributed by atoms with E-state index in [1.807, 2.05) is 48.6 Å². The van der Waals surface area contributed by atoms with Crippen molar-refractivity contribution in [2.45, 2.75) is 77.0 Å². The van der Waals surface area contributed by atoms with E-state index in [1.54, 1.807) is 0 Å². The topological polar surface area (TPSA) is 172 Å². The summed E-state index contributed by atoms with van der Waals surface area (Å²) in [4.78, 5) is 2.31. The summed E-state index contributed by atoms with van der Waals surface area (Å²) in [6, 6.07) is 16.4. The Bertz CT molecular complexity index is 2030. The average molecular weight is 774 g/mol. The Morgan fingerprint density at radius 1 is 0.923 bits per heavy atom. The first kappa shape index (κ1) is 39.9. The van der Waals surface area contributed by atoms with Crippen molar-refractivity contribution in [2.75, 3.05) is 29.5 Å².